The molecule has 2 aromatic rings. The molecule has 1 atom stereocenters. The van der Waals surface area contributed by atoms with E-state index in [4.69, 9.17) is 4.74 Å². The molecule has 0 radical (unpaired) electrons. The maximum absolute atomic E-state index is 12.7. The van der Waals surface area contributed by atoms with E-state index in [1.807, 2.05) is 31.2 Å². The fourth-order valence-electron chi connectivity index (χ4n) is 3.54. The van der Waals surface area contributed by atoms with Gasteiger partial charge in [0.15, 0.2) is 0 Å². The number of amides is 1. The van der Waals surface area contributed by atoms with E-state index in [0.717, 1.165) is 37.6 Å². The number of anilines is 2. The second-order valence-corrected chi connectivity index (χ2v) is 7.67. The van der Waals surface area contributed by atoms with Gasteiger partial charge in [0, 0.05) is 43.6 Å². The summed E-state index contributed by atoms with van der Waals surface area (Å²) in [5.74, 6) is 1.41. The summed E-state index contributed by atoms with van der Waals surface area (Å²) in [4.78, 5) is 17.3. The number of rotatable bonds is 6. The van der Waals surface area contributed by atoms with Crippen LogP contribution in [-0.4, -0.2) is 50.1 Å². The van der Waals surface area contributed by atoms with Gasteiger partial charge in [-0.15, -0.1) is 0 Å². The first-order valence-electron chi connectivity index (χ1n) is 10.0. The number of carbonyl (C=O) groups excluding carboxylic acids is 1. The molecule has 0 aliphatic carbocycles. The number of methoxy groups -OCH3 is 1. The van der Waals surface area contributed by atoms with Crippen LogP contribution < -0.4 is 15.0 Å². The first kappa shape index (κ1) is 20.2. The van der Waals surface area contributed by atoms with Crippen LogP contribution in [0.2, 0.25) is 0 Å². The molecule has 5 nitrogen and oxygen atoms in total. The zero-order valence-corrected chi connectivity index (χ0v) is 17.3. The standard InChI is InChI=1S/C23H31N3O2/c1-17(2)19-8-10-20(11-9-19)24-23(27)18(3)25-12-14-26(15-13-25)21-6-5-7-22(16-21)28-4/h5-11,16-18H,12-15H2,1-4H3,(H,24,27)/t18-/m1/s1. The van der Waals surface area contributed by atoms with Gasteiger partial charge in [-0.3, -0.25) is 9.69 Å². The van der Waals surface area contributed by atoms with Gasteiger partial charge in [-0.2, -0.15) is 0 Å². The molecule has 1 fully saturated rings. The molecule has 0 saturated carbocycles. The van der Waals surface area contributed by atoms with Crippen LogP contribution in [0.3, 0.4) is 0 Å². The summed E-state index contributed by atoms with van der Waals surface area (Å²) in [6.45, 7) is 9.83. The largest absolute Gasteiger partial charge is 0.497 e. The average molecular weight is 382 g/mol. The Kier molecular flexibility index (Phi) is 6.57. The van der Waals surface area contributed by atoms with E-state index in [-0.39, 0.29) is 11.9 Å². The molecule has 2 aromatic carbocycles. The van der Waals surface area contributed by atoms with Gasteiger partial charge in [0.05, 0.1) is 13.2 Å². The van der Waals surface area contributed by atoms with Crippen molar-refractivity contribution in [3.63, 3.8) is 0 Å². The van der Waals surface area contributed by atoms with Crippen LogP contribution in [0.25, 0.3) is 0 Å². The number of hydrogen-bond donors (Lipinski definition) is 1. The number of benzene rings is 2. The van der Waals surface area contributed by atoms with Crippen molar-refractivity contribution in [1.29, 1.82) is 0 Å². The molecule has 1 aliphatic heterocycles. The monoisotopic (exact) mass is 381 g/mol. The first-order valence-corrected chi connectivity index (χ1v) is 10.0. The molecule has 0 spiro atoms. The summed E-state index contributed by atoms with van der Waals surface area (Å²) in [5.41, 5.74) is 3.30. The Labute approximate surface area is 168 Å². The number of ether oxygens (including phenoxy) is 1. The molecule has 1 aliphatic rings. The molecule has 1 N–H and O–H groups in total. The summed E-state index contributed by atoms with van der Waals surface area (Å²) in [6, 6.07) is 16.1. The predicted octanol–water partition coefficient (Wildman–Crippen LogP) is 3.97. The molecule has 5 heteroatoms. The molecule has 1 saturated heterocycles. The van der Waals surface area contributed by atoms with Gasteiger partial charge in [-0.25, -0.2) is 0 Å². The Hall–Kier alpha value is -2.53. The molecule has 150 valence electrons. The van der Waals surface area contributed by atoms with E-state index in [0.29, 0.717) is 5.92 Å². The van der Waals surface area contributed by atoms with Crippen molar-refractivity contribution in [2.24, 2.45) is 0 Å². The van der Waals surface area contributed by atoms with Crippen LogP contribution in [0.1, 0.15) is 32.3 Å². The van der Waals surface area contributed by atoms with Crippen LogP contribution in [0.4, 0.5) is 11.4 Å². The van der Waals surface area contributed by atoms with Gasteiger partial charge in [0.25, 0.3) is 0 Å². The van der Waals surface area contributed by atoms with Crippen LogP contribution in [0.5, 0.6) is 5.75 Å². The van der Waals surface area contributed by atoms with Crippen molar-refractivity contribution in [2.75, 3.05) is 43.5 Å². The molecule has 0 aromatic heterocycles. The smallest absolute Gasteiger partial charge is 0.241 e. The van der Waals surface area contributed by atoms with Crippen molar-refractivity contribution >= 4 is 17.3 Å². The van der Waals surface area contributed by atoms with Crippen LogP contribution in [0, 0.1) is 0 Å². The quantitative estimate of drug-likeness (QED) is 0.822. The number of carbonyl (C=O) groups is 1. The number of nitrogens with one attached hydrogen (secondary N) is 1. The third-order valence-corrected chi connectivity index (χ3v) is 5.50. The highest BCUT2D eigenvalue weighted by atomic mass is 16.5. The first-order chi connectivity index (χ1) is 13.5. The third-order valence-electron chi connectivity index (χ3n) is 5.50. The Morgan fingerprint density at radius 3 is 2.29 bits per heavy atom. The van der Waals surface area contributed by atoms with Crippen molar-refractivity contribution < 1.29 is 9.53 Å². The molecule has 0 unspecified atom stereocenters. The van der Waals surface area contributed by atoms with Gasteiger partial charge in [0.1, 0.15) is 5.75 Å². The second-order valence-electron chi connectivity index (χ2n) is 7.67. The minimum atomic E-state index is -0.155. The molecule has 1 amide bonds. The van der Waals surface area contributed by atoms with Gasteiger partial charge < -0.3 is 15.0 Å². The fourth-order valence-corrected chi connectivity index (χ4v) is 3.54. The highest BCUT2D eigenvalue weighted by Crippen LogP contribution is 2.23. The van der Waals surface area contributed by atoms with Crippen LogP contribution in [0.15, 0.2) is 48.5 Å². The summed E-state index contributed by atoms with van der Waals surface area (Å²) in [7, 11) is 1.69. The van der Waals surface area contributed by atoms with E-state index in [1.54, 1.807) is 7.11 Å². The number of nitrogens with zero attached hydrogens (tertiary/aromatic N) is 2. The average Bonchev–Trinajstić information content (AvgIpc) is 2.73. The molecule has 3 rings (SSSR count). The van der Waals surface area contributed by atoms with Crippen molar-refractivity contribution in [3.8, 4) is 5.75 Å². The zero-order valence-electron chi connectivity index (χ0n) is 17.3. The van der Waals surface area contributed by atoms with Gasteiger partial charge in [-0.1, -0.05) is 32.0 Å². The fraction of sp³-hybridized carbons (Fsp3) is 0.435. The maximum Gasteiger partial charge on any atom is 0.241 e. The van der Waals surface area contributed by atoms with Crippen molar-refractivity contribution in [2.45, 2.75) is 32.7 Å². The molecular weight excluding hydrogens is 350 g/mol. The van der Waals surface area contributed by atoms with Gasteiger partial charge in [0.2, 0.25) is 5.91 Å². The SMILES string of the molecule is COc1cccc(N2CCN([C@H](C)C(=O)Nc3ccc(C(C)C)cc3)CC2)c1. The Morgan fingerprint density at radius 1 is 1.00 bits per heavy atom. The molecule has 1 heterocycles. The summed E-state index contributed by atoms with van der Waals surface area (Å²) in [6.07, 6.45) is 0. The zero-order chi connectivity index (χ0) is 20.1. The van der Waals surface area contributed by atoms with Crippen molar-refractivity contribution in [1.82, 2.24) is 4.90 Å². The van der Waals surface area contributed by atoms with Gasteiger partial charge in [-0.05, 0) is 42.7 Å². The van der Waals surface area contributed by atoms with Crippen LogP contribution >= 0.6 is 0 Å². The number of piperazine rings is 1. The topological polar surface area (TPSA) is 44.8 Å². The second kappa shape index (κ2) is 9.11. The lowest BCUT2D eigenvalue weighted by Gasteiger charge is -2.38. The normalized spacial score (nSPS) is 16.1. The van der Waals surface area contributed by atoms with Crippen molar-refractivity contribution in [3.05, 3.63) is 54.1 Å². The lowest BCUT2D eigenvalue weighted by molar-refractivity contribution is -0.120. The van der Waals surface area contributed by atoms with E-state index < -0.39 is 0 Å². The van der Waals surface area contributed by atoms with Gasteiger partial charge >= 0.3 is 0 Å². The Balaban J connectivity index is 1.53. The van der Waals surface area contributed by atoms with Crippen LogP contribution in [-0.2, 0) is 4.79 Å². The summed E-state index contributed by atoms with van der Waals surface area (Å²) < 4.78 is 5.32. The number of hydrogen-bond acceptors (Lipinski definition) is 4. The lowest BCUT2D eigenvalue weighted by Crippen LogP contribution is -2.52. The Bertz CT molecular complexity index is 781. The molecule has 0 bridgehead atoms. The summed E-state index contributed by atoms with van der Waals surface area (Å²) >= 11 is 0. The van der Waals surface area contributed by atoms with E-state index >= 15 is 0 Å². The van der Waals surface area contributed by atoms with E-state index in [9.17, 15) is 4.79 Å². The Morgan fingerprint density at radius 2 is 1.68 bits per heavy atom. The van der Waals surface area contributed by atoms with E-state index in [2.05, 4.69) is 53.2 Å². The molecular formula is C23H31N3O2. The highest BCUT2D eigenvalue weighted by Gasteiger charge is 2.25. The minimum Gasteiger partial charge on any atom is -0.497 e. The third kappa shape index (κ3) is 4.84. The highest BCUT2D eigenvalue weighted by molar-refractivity contribution is 5.94. The lowest BCUT2D eigenvalue weighted by atomic mass is 10.0. The summed E-state index contributed by atoms with van der Waals surface area (Å²) in [5, 5.41) is 3.05. The minimum absolute atomic E-state index is 0.0483. The van der Waals surface area contributed by atoms with E-state index in [1.165, 1.54) is 11.3 Å². The maximum atomic E-state index is 12.7. The predicted molar refractivity (Wildman–Crippen MR) is 115 cm³/mol. The molecule has 28 heavy (non-hydrogen) atoms.